The van der Waals surface area contributed by atoms with Crippen molar-refractivity contribution in [2.75, 3.05) is 0 Å². The molecule has 1 fully saturated rings. The minimum Gasteiger partial charge on any atom is -0.481 e. The summed E-state index contributed by atoms with van der Waals surface area (Å²) in [5.74, 6) is 0.0946. The van der Waals surface area contributed by atoms with E-state index in [1.165, 1.54) is 86.5 Å². The molecule has 1 aromatic heterocycles. The van der Waals surface area contributed by atoms with Crippen molar-refractivity contribution in [3.8, 4) is 22.5 Å². The van der Waals surface area contributed by atoms with Crippen LogP contribution < -0.4 is 0 Å². The molecular formula is C35H46N2O2. The number of hydrogen-bond acceptors (Lipinski definition) is 3. The number of carboxylic acids is 1. The van der Waals surface area contributed by atoms with Gasteiger partial charge in [0.25, 0.3) is 0 Å². The zero-order valence-electron chi connectivity index (χ0n) is 23.8. The van der Waals surface area contributed by atoms with Crippen LogP contribution in [0.1, 0.15) is 114 Å². The summed E-state index contributed by atoms with van der Waals surface area (Å²) in [6, 6.07) is 17.7. The van der Waals surface area contributed by atoms with E-state index in [9.17, 15) is 4.79 Å². The van der Waals surface area contributed by atoms with Gasteiger partial charge in [0.05, 0.1) is 0 Å². The predicted octanol–water partition coefficient (Wildman–Crippen LogP) is 9.56. The molecule has 1 heterocycles. The summed E-state index contributed by atoms with van der Waals surface area (Å²) in [5, 5.41) is 8.84. The normalized spacial score (nSPS) is 14.5. The van der Waals surface area contributed by atoms with Crippen molar-refractivity contribution in [2.24, 2.45) is 0 Å². The second-order valence-electron chi connectivity index (χ2n) is 11.5. The molecule has 0 atom stereocenters. The van der Waals surface area contributed by atoms with Crippen LogP contribution in [0.2, 0.25) is 0 Å². The highest BCUT2D eigenvalue weighted by atomic mass is 16.4. The minimum absolute atomic E-state index is 0.191. The van der Waals surface area contributed by atoms with E-state index in [2.05, 4.69) is 67.8 Å². The Morgan fingerprint density at radius 1 is 0.744 bits per heavy atom. The number of carbonyl (C=O) groups is 1. The number of nitrogens with zero attached hydrogens (tertiary/aromatic N) is 2. The van der Waals surface area contributed by atoms with E-state index < -0.39 is 5.97 Å². The zero-order valence-corrected chi connectivity index (χ0v) is 23.8. The molecule has 0 unspecified atom stereocenters. The molecule has 4 rings (SSSR count). The van der Waals surface area contributed by atoms with Crippen LogP contribution in [0.15, 0.2) is 60.9 Å². The van der Waals surface area contributed by atoms with Crippen LogP contribution in [0.3, 0.4) is 0 Å². The van der Waals surface area contributed by atoms with Crippen LogP contribution >= 0.6 is 0 Å². The first-order valence-corrected chi connectivity index (χ1v) is 15.3. The Morgan fingerprint density at radius 2 is 1.31 bits per heavy atom. The lowest BCUT2D eigenvalue weighted by molar-refractivity contribution is -0.137. The Hall–Kier alpha value is -3.01. The van der Waals surface area contributed by atoms with E-state index in [0.29, 0.717) is 0 Å². The average Bonchev–Trinajstić information content (AvgIpc) is 3.45. The maximum absolute atomic E-state index is 10.7. The number of aliphatic carboxylic acids is 1. The fourth-order valence-electron chi connectivity index (χ4n) is 6.19. The van der Waals surface area contributed by atoms with Crippen LogP contribution in [0.25, 0.3) is 22.5 Å². The van der Waals surface area contributed by atoms with Crippen molar-refractivity contribution in [1.29, 1.82) is 0 Å². The van der Waals surface area contributed by atoms with Crippen LogP contribution in [-0.4, -0.2) is 21.0 Å². The van der Waals surface area contributed by atoms with E-state index in [1.54, 1.807) is 0 Å². The van der Waals surface area contributed by atoms with Crippen molar-refractivity contribution in [1.82, 2.24) is 9.97 Å². The lowest BCUT2D eigenvalue weighted by Crippen LogP contribution is -2.22. The second-order valence-corrected chi connectivity index (χ2v) is 11.5. The maximum atomic E-state index is 10.7. The van der Waals surface area contributed by atoms with Gasteiger partial charge in [-0.2, -0.15) is 0 Å². The van der Waals surface area contributed by atoms with Crippen molar-refractivity contribution >= 4 is 5.97 Å². The number of hydrogen-bond donors (Lipinski definition) is 1. The van der Waals surface area contributed by atoms with Gasteiger partial charge in [-0.05, 0) is 66.2 Å². The number of aryl methyl sites for hydroxylation is 1. The molecule has 1 saturated carbocycles. The summed E-state index contributed by atoms with van der Waals surface area (Å²) in [4.78, 5) is 20.3. The van der Waals surface area contributed by atoms with Gasteiger partial charge in [0.1, 0.15) is 0 Å². The summed E-state index contributed by atoms with van der Waals surface area (Å²) < 4.78 is 0. The lowest BCUT2D eigenvalue weighted by Gasteiger charge is -2.29. The van der Waals surface area contributed by atoms with Crippen LogP contribution in [0, 0.1) is 0 Å². The first kappa shape index (κ1) is 29.0. The zero-order chi connectivity index (χ0) is 27.3. The maximum Gasteiger partial charge on any atom is 0.303 e. The lowest BCUT2D eigenvalue weighted by atomic mass is 9.76. The van der Waals surface area contributed by atoms with Crippen molar-refractivity contribution < 1.29 is 9.90 Å². The molecule has 1 N–H and O–H groups in total. The summed E-state index contributed by atoms with van der Waals surface area (Å²) in [5.41, 5.74) is 6.41. The van der Waals surface area contributed by atoms with Gasteiger partial charge >= 0.3 is 5.97 Å². The topological polar surface area (TPSA) is 63.1 Å². The highest BCUT2D eigenvalue weighted by Gasteiger charge is 2.35. The minimum atomic E-state index is -0.688. The summed E-state index contributed by atoms with van der Waals surface area (Å²) in [6.07, 6.45) is 22.3. The molecule has 4 nitrogen and oxygen atoms in total. The predicted molar refractivity (Wildman–Crippen MR) is 161 cm³/mol. The number of rotatable bonds is 16. The van der Waals surface area contributed by atoms with Crippen molar-refractivity contribution in [2.45, 2.75) is 115 Å². The Labute approximate surface area is 235 Å². The molecule has 3 aromatic rings. The molecule has 1 aliphatic rings. The van der Waals surface area contributed by atoms with Gasteiger partial charge in [-0.25, -0.2) is 9.97 Å². The molecular weight excluding hydrogens is 480 g/mol. The molecule has 39 heavy (non-hydrogen) atoms. The highest BCUT2D eigenvalue weighted by Crippen LogP contribution is 2.44. The van der Waals surface area contributed by atoms with E-state index in [-0.39, 0.29) is 11.8 Å². The summed E-state index contributed by atoms with van der Waals surface area (Å²) in [6.45, 7) is 2.26. The molecule has 0 bridgehead atoms. The van der Waals surface area contributed by atoms with E-state index >= 15 is 0 Å². The fourth-order valence-corrected chi connectivity index (χ4v) is 6.19. The largest absolute Gasteiger partial charge is 0.481 e. The van der Waals surface area contributed by atoms with Gasteiger partial charge in [-0.15, -0.1) is 0 Å². The third kappa shape index (κ3) is 8.49. The highest BCUT2D eigenvalue weighted by molar-refractivity contribution is 5.68. The van der Waals surface area contributed by atoms with Crippen LogP contribution in [-0.2, 0) is 16.6 Å². The standard InChI is InChI=1S/C35H46N2O2/c1-2-3-4-5-8-13-28-15-17-29(18-16-28)30-19-21-31(22-20-30)34-36-26-32(27-37-34)35(24-11-12-25-35)23-10-7-6-9-14-33(38)39/h15-22,26-27H,2-14,23-25H2,1H3,(H,38,39). The molecule has 2 aromatic carbocycles. The number of aromatic nitrogens is 2. The smallest absolute Gasteiger partial charge is 0.303 e. The van der Waals surface area contributed by atoms with Crippen molar-refractivity contribution in [3.63, 3.8) is 0 Å². The van der Waals surface area contributed by atoms with Gasteiger partial charge in [0.2, 0.25) is 0 Å². The molecule has 1 aliphatic carbocycles. The van der Waals surface area contributed by atoms with E-state index in [1.807, 2.05) is 0 Å². The van der Waals surface area contributed by atoms with Gasteiger partial charge in [-0.3, -0.25) is 4.79 Å². The fraction of sp³-hybridized carbons (Fsp3) is 0.514. The Kier molecular flexibility index (Phi) is 11.1. The monoisotopic (exact) mass is 526 g/mol. The molecule has 0 aliphatic heterocycles. The molecule has 0 amide bonds. The average molecular weight is 527 g/mol. The first-order chi connectivity index (χ1) is 19.1. The van der Waals surface area contributed by atoms with Gasteiger partial charge in [-0.1, -0.05) is 113 Å². The van der Waals surface area contributed by atoms with E-state index in [0.717, 1.165) is 43.5 Å². The molecule has 0 saturated heterocycles. The molecule has 4 heteroatoms. The molecule has 0 radical (unpaired) electrons. The quantitative estimate of drug-likeness (QED) is 0.189. The van der Waals surface area contributed by atoms with Crippen molar-refractivity contribution in [3.05, 3.63) is 72.1 Å². The Morgan fingerprint density at radius 3 is 1.95 bits per heavy atom. The van der Waals surface area contributed by atoms with Crippen LogP contribution in [0.5, 0.6) is 0 Å². The molecule has 208 valence electrons. The second kappa shape index (κ2) is 15.0. The van der Waals surface area contributed by atoms with Gasteiger partial charge < -0.3 is 5.11 Å². The summed E-state index contributed by atoms with van der Waals surface area (Å²) in [7, 11) is 0. The number of unbranched alkanes of at least 4 members (excludes halogenated alkanes) is 7. The SMILES string of the molecule is CCCCCCCc1ccc(-c2ccc(-c3ncc(C4(CCCCCCC(=O)O)CCCC4)cn3)cc2)cc1. The van der Waals surface area contributed by atoms with Gasteiger partial charge in [0.15, 0.2) is 5.82 Å². The number of benzene rings is 2. The van der Waals surface area contributed by atoms with Gasteiger partial charge in [0, 0.05) is 24.4 Å². The number of carboxylic acid groups (broad SMARTS) is 1. The van der Waals surface area contributed by atoms with Crippen LogP contribution in [0.4, 0.5) is 0 Å². The Balaban J connectivity index is 1.32. The Bertz CT molecular complexity index is 1130. The summed E-state index contributed by atoms with van der Waals surface area (Å²) >= 11 is 0. The first-order valence-electron chi connectivity index (χ1n) is 15.3. The third-order valence-electron chi connectivity index (χ3n) is 8.62. The third-order valence-corrected chi connectivity index (χ3v) is 8.62. The molecule has 0 spiro atoms. The van der Waals surface area contributed by atoms with E-state index in [4.69, 9.17) is 15.1 Å².